The van der Waals surface area contributed by atoms with Crippen molar-refractivity contribution in [2.24, 2.45) is 5.92 Å². The fourth-order valence-corrected chi connectivity index (χ4v) is 2.65. The molecule has 0 aromatic heterocycles. The van der Waals surface area contributed by atoms with Crippen molar-refractivity contribution in [2.75, 3.05) is 13.1 Å². The largest absolute Gasteiger partial charge is 0.335 e. The predicted molar refractivity (Wildman–Crippen MR) is 65.4 cm³/mol. The number of carbonyl (C=O) groups excluding carboxylic acids is 1. The van der Waals surface area contributed by atoms with Gasteiger partial charge in [0.05, 0.1) is 0 Å². The minimum atomic E-state index is 0.180. The van der Waals surface area contributed by atoms with Gasteiger partial charge < -0.3 is 10.2 Å². The van der Waals surface area contributed by atoms with Gasteiger partial charge in [0.25, 0.3) is 0 Å². The number of likely N-dealkylation sites (tertiary alicyclic amines) is 1. The summed E-state index contributed by atoms with van der Waals surface area (Å²) in [7, 11) is 0. The summed E-state index contributed by atoms with van der Waals surface area (Å²) in [6.07, 6.45) is 8.65. The summed E-state index contributed by atoms with van der Waals surface area (Å²) in [4.78, 5) is 13.9. The third-order valence-electron chi connectivity index (χ3n) is 4.03. The molecule has 1 aliphatic heterocycles. The molecule has 1 saturated carbocycles. The topological polar surface area (TPSA) is 32.3 Å². The van der Waals surface area contributed by atoms with Gasteiger partial charge in [-0.1, -0.05) is 19.8 Å². The number of amides is 2. The number of carbonyl (C=O) groups is 1. The molecular formula is C13H24N2O. The van der Waals surface area contributed by atoms with Gasteiger partial charge in [0.15, 0.2) is 0 Å². The molecule has 0 unspecified atom stereocenters. The van der Waals surface area contributed by atoms with E-state index in [1.165, 1.54) is 44.9 Å². The summed E-state index contributed by atoms with van der Waals surface area (Å²) in [5.41, 5.74) is 0. The van der Waals surface area contributed by atoms with Crippen LogP contribution in [0.25, 0.3) is 0 Å². The van der Waals surface area contributed by atoms with E-state index in [9.17, 15) is 4.79 Å². The predicted octanol–water partition coefficient (Wildman–Crippen LogP) is 2.76. The Morgan fingerprint density at radius 3 is 2.44 bits per heavy atom. The number of hydrogen-bond acceptors (Lipinski definition) is 1. The first-order valence-corrected chi connectivity index (χ1v) is 6.85. The maximum atomic E-state index is 11.9. The lowest BCUT2D eigenvalue weighted by Crippen LogP contribution is -2.49. The zero-order chi connectivity index (χ0) is 11.4. The Morgan fingerprint density at radius 2 is 1.94 bits per heavy atom. The minimum absolute atomic E-state index is 0.180. The van der Waals surface area contributed by atoms with Crippen molar-refractivity contribution in [3.05, 3.63) is 0 Å². The van der Waals surface area contributed by atoms with E-state index in [-0.39, 0.29) is 6.03 Å². The van der Waals surface area contributed by atoms with Crippen LogP contribution in [0.1, 0.15) is 51.9 Å². The van der Waals surface area contributed by atoms with Crippen LogP contribution < -0.4 is 5.32 Å². The lowest BCUT2D eigenvalue weighted by atomic mass is 9.92. The summed E-state index contributed by atoms with van der Waals surface area (Å²) >= 11 is 0. The molecule has 1 N–H and O–H groups in total. The molecule has 0 spiro atoms. The second-order valence-corrected chi connectivity index (χ2v) is 5.30. The van der Waals surface area contributed by atoms with Crippen LogP contribution in [-0.2, 0) is 0 Å². The van der Waals surface area contributed by atoms with Crippen molar-refractivity contribution in [3.8, 4) is 0 Å². The molecule has 0 bridgehead atoms. The van der Waals surface area contributed by atoms with Crippen molar-refractivity contribution in [2.45, 2.75) is 57.9 Å². The highest BCUT2D eigenvalue weighted by atomic mass is 16.2. The molecule has 2 aliphatic rings. The van der Waals surface area contributed by atoms with Crippen LogP contribution in [0.4, 0.5) is 4.79 Å². The normalized spacial score (nSPS) is 22.9. The van der Waals surface area contributed by atoms with Crippen LogP contribution in [0, 0.1) is 5.92 Å². The van der Waals surface area contributed by atoms with Crippen LogP contribution >= 0.6 is 0 Å². The molecule has 1 aliphatic carbocycles. The van der Waals surface area contributed by atoms with Crippen molar-refractivity contribution in [3.63, 3.8) is 0 Å². The van der Waals surface area contributed by atoms with E-state index in [2.05, 4.69) is 12.2 Å². The number of hydrogen-bond donors (Lipinski definition) is 1. The average Bonchev–Trinajstić information content (AvgIpc) is 2.25. The number of nitrogens with one attached hydrogen (secondary N) is 1. The van der Waals surface area contributed by atoms with Crippen LogP contribution in [0.3, 0.4) is 0 Å². The highest BCUT2D eigenvalue weighted by Crippen LogP contribution is 2.23. The van der Waals surface area contributed by atoms with Gasteiger partial charge >= 0.3 is 6.03 Å². The van der Waals surface area contributed by atoms with Crippen molar-refractivity contribution < 1.29 is 4.79 Å². The van der Waals surface area contributed by atoms with Gasteiger partial charge in [0, 0.05) is 19.1 Å². The monoisotopic (exact) mass is 224 g/mol. The molecule has 1 heterocycles. The van der Waals surface area contributed by atoms with Gasteiger partial charge in [-0.3, -0.25) is 0 Å². The first-order chi connectivity index (χ1) is 7.79. The second kappa shape index (κ2) is 5.55. The third kappa shape index (κ3) is 2.89. The van der Waals surface area contributed by atoms with E-state index < -0.39 is 0 Å². The number of urea groups is 1. The van der Waals surface area contributed by atoms with E-state index in [1.807, 2.05) is 4.90 Å². The Balaban J connectivity index is 1.68. The van der Waals surface area contributed by atoms with Crippen LogP contribution in [0.2, 0.25) is 0 Å². The summed E-state index contributed by atoms with van der Waals surface area (Å²) in [5, 5.41) is 3.12. The number of piperidine rings is 1. The molecule has 3 heteroatoms. The fourth-order valence-electron chi connectivity index (χ4n) is 2.65. The molecule has 16 heavy (non-hydrogen) atoms. The fraction of sp³-hybridized carbons (Fsp3) is 0.923. The van der Waals surface area contributed by atoms with E-state index in [0.29, 0.717) is 6.04 Å². The summed E-state index contributed by atoms with van der Waals surface area (Å²) in [6, 6.07) is 0.653. The van der Waals surface area contributed by atoms with E-state index >= 15 is 0 Å². The SMILES string of the molecule is CCCC1CCN(C(=O)NC2CCC2)CC1. The second-order valence-electron chi connectivity index (χ2n) is 5.30. The number of nitrogens with zero attached hydrogens (tertiary/aromatic N) is 1. The first kappa shape index (κ1) is 11.7. The van der Waals surface area contributed by atoms with Crippen LogP contribution in [-0.4, -0.2) is 30.1 Å². The van der Waals surface area contributed by atoms with Gasteiger partial charge in [-0.25, -0.2) is 4.79 Å². The van der Waals surface area contributed by atoms with Crippen LogP contribution in [0.15, 0.2) is 0 Å². The highest BCUT2D eigenvalue weighted by molar-refractivity contribution is 5.74. The first-order valence-electron chi connectivity index (χ1n) is 6.85. The van der Waals surface area contributed by atoms with E-state index in [1.54, 1.807) is 0 Å². The third-order valence-corrected chi connectivity index (χ3v) is 4.03. The highest BCUT2D eigenvalue weighted by Gasteiger charge is 2.25. The molecule has 2 amide bonds. The molecule has 2 fully saturated rings. The van der Waals surface area contributed by atoms with E-state index in [4.69, 9.17) is 0 Å². The zero-order valence-corrected chi connectivity index (χ0v) is 10.4. The maximum absolute atomic E-state index is 11.9. The van der Waals surface area contributed by atoms with Crippen molar-refractivity contribution in [1.82, 2.24) is 10.2 Å². The Labute approximate surface area is 98.6 Å². The van der Waals surface area contributed by atoms with Crippen molar-refractivity contribution in [1.29, 1.82) is 0 Å². The van der Waals surface area contributed by atoms with Gasteiger partial charge in [0.1, 0.15) is 0 Å². The quantitative estimate of drug-likeness (QED) is 0.785. The van der Waals surface area contributed by atoms with Gasteiger partial charge in [-0.05, 0) is 38.0 Å². The molecule has 0 atom stereocenters. The Morgan fingerprint density at radius 1 is 1.25 bits per heavy atom. The lowest BCUT2D eigenvalue weighted by Gasteiger charge is -2.35. The van der Waals surface area contributed by atoms with Gasteiger partial charge in [-0.2, -0.15) is 0 Å². The Bertz CT molecular complexity index is 230. The average molecular weight is 224 g/mol. The summed E-state index contributed by atoms with van der Waals surface area (Å²) in [6.45, 7) is 4.17. The molecule has 0 radical (unpaired) electrons. The number of rotatable bonds is 3. The maximum Gasteiger partial charge on any atom is 0.317 e. The van der Waals surface area contributed by atoms with Crippen molar-refractivity contribution >= 4 is 6.03 Å². The van der Waals surface area contributed by atoms with E-state index in [0.717, 1.165) is 19.0 Å². The molecule has 0 aromatic carbocycles. The van der Waals surface area contributed by atoms with Gasteiger partial charge in [0.2, 0.25) is 0 Å². The molecule has 2 rings (SSSR count). The lowest BCUT2D eigenvalue weighted by molar-refractivity contribution is 0.159. The van der Waals surface area contributed by atoms with Gasteiger partial charge in [-0.15, -0.1) is 0 Å². The minimum Gasteiger partial charge on any atom is -0.335 e. The molecule has 0 aromatic rings. The standard InChI is InChI=1S/C13H24N2O/c1-2-4-11-7-9-15(10-8-11)13(16)14-12-5-3-6-12/h11-12H,2-10H2,1H3,(H,14,16). The molecule has 1 saturated heterocycles. The Kier molecular flexibility index (Phi) is 4.08. The Hall–Kier alpha value is -0.730. The molecular weight excluding hydrogens is 200 g/mol. The summed E-state index contributed by atoms with van der Waals surface area (Å²) in [5.74, 6) is 0.859. The zero-order valence-electron chi connectivity index (χ0n) is 10.4. The van der Waals surface area contributed by atoms with Crippen LogP contribution in [0.5, 0.6) is 0 Å². The molecule has 3 nitrogen and oxygen atoms in total. The molecule has 92 valence electrons. The smallest absolute Gasteiger partial charge is 0.317 e. The summed E-state index contributed by atoms with van der Waals surface area (Å²) < 4.78 is 0.